The SMILES string of the molecule is O=CCc1ccc2ccccc2c1Br. The summed E-state index contributed by atoms with van der Waals surface area (Å²) in [5.41, 5.74) is 1.04. The summed E-state index contributed by atoms with van der Waals surface area (Å²) in [6.45, 7) is 0. The summed E-state index contributed by atoms with van der Waals surface area (Å²) in [4.78, 5) is 10.4. The number of hydrogen-bond donors (Lipinski definition) is 0. The van der Waals surface area contributed by atoms with Crippen LogP contribution in [0.1, 0.15) is 5.56 Å². The topological polar surface area (TPSA) is 17.1 Å². The number of fused-ring (bicyclic) bond motifs is 1. The minimum Gasteiger partial charge on any atom is -0.303 e. The normalized spacial score (nSPS) is 10.4. The van der Waals surface area contributed by atoms with Gasteiger partial charge in [-0.1, -0.05) is 36.4 Å². The summed E-state index contributed by atoms with van der Waals surface area (Å²) in [7, 11) is 0. The van der Waals surface area contributed by atoms with Crippen molar-refractivity contribution >= 4 is 33.0 Å². The lowest BCUT2D eigenvalue weighted by atomic mass is 10.1. The number of rotatable bonds is 2. The second-order valence-electron chi connectivity index (χ2n) is 3.13. The molecule has 0 aliphatic carbocycles. The maximum absolute atomic E-state index is 10.4. The monoisotopic (exact) mass is 248 g/mol. The van der Waals surface area contributed by atoms with Crippen LogP contribution >= 0.6 is 15.9 Å². The van der Waals surface area contributed by atoms with Gasteiger partial charge < -0.3 is 4.79 Å². The van der Waals surface area contributed by atoms with Crippen LogP contribution in [0.2, 0.25) is 0 Å². The van der Waals surface area contributed by atoms with E-state index in [1.807, 2.05) is 30.3 Å². The van der Waals surface area contributed by atoms with Gasteiger partial charge in [-0.15, -0.1) is 0 Å². The molecule has 2 aromatic rings. The molecule has 0 amide bonds. The van der Waals surface area contributed by atoms with Crippen molar-refractivity contribution in [3.05, 3.63) is 46.4 Å². The molecule has 0 bridgehead atoms. The molecule has 0 saturated heterocycles. The number of hydrogen-bond acceptors (Lipinski definition) is 1. The zero-order valence-corrected chi connectivity index (χ0v) is 9.12. The molecular formula is C12H9BrO. The number of aldehydes is 1. The van der Waals surface area contributed by atoms with E-state index in [-0.39, 0.29) is 0 Å². The van der Waals surface area contributed by atoms with E-state index in [2.05, 4.69) is 22.0 Å². The minimum atomic E-state index is 0.464. The van der Waals surface area contributed by atoms with Crippen LogP contribution in [0.25, 0.3) is 10.8 Å². The molecule has 14 heavy (non-hydrogen) atoms. The average molecular weight is 249 g/mol. The molecule has 0 unspecified atom stereocenters. The largest absolute Gasteiger partial charge is 0.303 e. The maximum Gasteiger partial charge on any atom is 0.124 e. The van der Waals surface area contributed by atoms with Crippen molar-refractivity contribution in [1.82, 2.24) is 0 Å². The molecule has 0 aliphatic heterocycles. The quantitative estimate of drug-likeness (QED) is 0.746. The fourth-order valence-corrected chi connectivity index (χ4v) is 2.18. The van der Waals surface area contributed by atoms with Gasteiger partial charge in [0.05, 0.1) is 0 Å². The Bertz CT molecular complexity index is 477. The summed E-state index contributed by atoms with van der Waals surface area (Å²) in [6.07, 6.45) is 1.39. The molecule has 1 nitrogen and oxygen atoms in total. The Morgan fingerprint density at radius 2 is 1.93 bits per heavy atom. The van der Waals surface area contributed by atoms with Gasteiger partial charge in [0.25, 0.3) is 0 Å². The molecule has 0 fully saturated rings. The third kappa shape index (κ3) is 1.58. The predicted molar refractivity (Wildman–Crippen MR) is 61.4 cm³/mol. The van der Waals surface area contributed by atoms with E-state index in [4.69, 9.17) is 0 Å². The lowest BCUT2D eigenvalue weighted by Gasteiger charge is -2.04. The standard InChI is InChI=1S/C12H9BrO/c13-12-10(7-8-14)6-5-9-3-1-2-4-11(9)12/h1-6,8H,7H2. The van der Waals surface area contributed by atoms with Gasteiger partial charge >= 0.3 is 0 Å². The highest BCUT2D eigenvalue weighted by molar-refractivity contribution is 9.10. The summed E-state index contributed by atoms with van der Waals surface area (Å²) >= 11 is 3.52. The van der Waals surface area contributed by atoms with Crippen LogP contribution in [0, 0.1) is 0 Å². The lowest BCUT2D eigenvalue weighted by Crippen LogP contribution is -1.88. The molecule has 0 radical (unpaired) electrons. The van der Waals surface area contributed by atoms with Gasteiger partial charge in [-0.3, -0.25) is 0 Å². The summed E-state index contributed by atoms with van der Waals surface area (Å²) in [6, 6.07) is 12.1. The van der Waals surface area contributed by atoms with Crippen LogP contribution in [0.3, 0.4) is 0 Å². The highest BCUT2D eigenvalue weighted by Gasteiger charge is 2.03. The molecule has 0 heterocycles. The van der Waals surface area contributed by atoms with Crippen molar-refractivity contribution in [3.8, 4) is 0 Å². The second kappa shape index (κ2) is 3.93. The van der Waals surface area contributed by atoms with Crippen molar-refractivity contribution < 1.29 is 4.79 Å². The van der Waals surface area contributed by atoms with Crippen LogP contribution in [-0.4, -0.2) is 6.29 Å². The second-order valence-corrected chi connectivity index (χ2v) is 3.92. The molecule has 70 valence electrons. The van der Waals surface area contributed by atoms with E-state index in [0.29, 0.717) is 6.42 Å². The van der Waals surface area contributed by atoms with Crippen molar-refractivity contribution in [3.63, 3.8) is 0 Å². The molecule has 0 aliphatic rings. The lowest BCUT2D eigenvalue weighted by molar-refractivity contribution is -0.107. The molecular weight excluding hydrogens is 240 g/mol. The van der Waals surface area contributed by atoms with Crippen LogP contribution in [0.15, 0.2) is 40.9 Å². The zero-order valence-electron chi connectivity index (χ0n) is 7.53. The first-order valence-electron chi connectivity index (χ1n) is 4.42. The smallest absolute Gasteiger partial charge is 0.124 e. The molecule has 2 aromatic carbocycles. The van der Waals surface area contributed by atoms with Crippen LogP contribution in [0.4, 0.5) is 0 Å². The molecule has 0 aromatic heterocycles. The minimum absolute atomic E-state index is 0.464. The molecule has 0 spiro atoms. The van der Waals surface area contributed by atoms with Crippen LogP contribution in [-0.2, 0) is 11.2 Å². The Labute approximate surface area is 90.9 Å². The van der Waals surface area contributed by atoms with Crippen molar-refractivity contribution in [1.29, 1.82) is 0 Å². The highest BCUT2D eigenvalue weighted by Crippen LogP contribution is 2.27. The Morgan fingerprint density at radius 3 is 2.71 bits per heavy atom. The van der Waals surface area contributed by atoms with E-state index in [9.17, 15) is 4.79 Å². The van der Waals surface area contributed by atoms with Gasteiger partial charge in [0, 0.05) is 10.9 Å². The van der Waals surface area contributed by atoms with Gasteiger partial charge in [0.15, 0.2) is 0 Å². The average Bonchev–Trinajstić information content (AvgIpc) is 2.23. The number of carbonyl (C=O) groups is 1. The number of carbonyl (C=O) groups excluding carboxylic acids is 1. The molecule has 2 heteroatoms. The molecule has 2 rings (SSSR count). The van der Waals surface area contributed by atoms with Gasteiger partial charge in [-0.2, -0.15) is 0 Å². The Kier molecular flexibility index (Phi) is 2.64. The van der Waals surface area contributed by atoms with Crippen molar-refractivity contribution in [2.75, 3.05) is 0 Å². The molecule has 0 saturated carbocycles. The van der Waals surface area contributed by atoms with Crippen molar-refractivity contribution in [2.24, 2.45) is 0 Å². The van der Waals surface area contributed by atoms with Crippen molar-refractivity contribution in [2.45, 2.75) is 6.42 Å². The Hall–Kier alpha value is -1.15. The Morgan fingerprint density at radius 1 is 1.14 bits per heavy atom. The third-order valence-corrected chi connectivity index (χ3v) is 3.18. The fraction of sp³-hybridized carbons (Fsp3) is 0.0833. The molecule has 0 atom stereocenters. The van der Waals surface area contributed by atoms with Gasteiger partial charge in [0.2, 0.25) is 0 Å². The predicted octanol–water partition coefficient (Wildman–Crippen LogP) is 3.34. The maximum atomic E-state index is 10.4. The summed E-state index contributed by atoms with van der Waals surface area (Å²) < 4.78 is 1.03. The summed E-state index contributed by atoms with van der Waals surface area (Å²) in [5.74, 6) is 0. The summed E-state index contributed by atoms with van der Waals surface area (Å²) in [5, 5.41) is 2.35. The Balaban J connectivity index is 2.68. The van der Waals surface area contributed by atoms with Crippen LogP contribution in [0.5, 0.6) is 0 Å². The highest BCUT2D eigenvalue weighted by atomic mass is 79.9. The number of benzene rings is 2. The first-order chi connectivity index (χ1) is 6.83. The van der Waals surface area contributed by atoms with Gasteiger partial charge in [-0.05, 0) is 32.3 Å². The van der Waals surface area contributed by atoms with E-state index in [1.54, 1.807) is 0 Å². The number of halogens is 1. The van der Waals surface area contributed by atoms with E-state index >= 15 is 0 Å². The first kappa shape index (κ1) is 9.41. The molecule has 0 N–H and O–H groups in total. The van der Waals surface area contributed by atoms with E-state index in [0.717, 1.165) is 21.7 Å². The zero-order chi connectivity index (χ0) is 9.97. The third-order valence-electron chi connectivity index (χ3n) is 2.25. The van der Waals surface area contributed by atoms with Gasteiger partial charge in [-0.25, -0.2) is 0 Å². The van der Waals surface area contributed by atoms with Crippen LogP contribution < -0.4 is 0 Å². The van der Waals surface area contributed by atoms with E-state index in [1.165, 1.54) is 5.39 Å². The first-order valence-corrected chi connectivity index (χ1v) is 5.22. The van der Waals surface area contributed by atoms with Gasteiger partial charge in [0.1, 0.15) is 6.29 Å². The van der Waals surface area contributed by atoms with E-state index < -0.39 is 0 Å². The fourth-order valence-electron chi connectivity index (χ4n) is 1.53.